The Morgan fingerprint density at radius 3 is 2.32 bits per heavy atom. The fourth-order valence-electron chi connectivity index (χ4n) is 3.26. The summed E-state index contributed by atoms with van der Waals surface area (Å²) in [5.74, 6) is -1.07. The van der Waals surface area contributed by atoms with Gasteiger partial charge in [-0.15, -0.1) is 0 Å². The van der Waals surface area contributed by atoms with Gasteiger partial charge >= 0.3 is 0 Å². The van der Waals surface area contributed by atoms with Crippen molar-refractivity contribution in [3.8, 4) is 11.5 Å². The standard InChI is InChI=1S/C23H20F2N4O2/c1-13-8-14(2)29(28-13)12-21-15(3)31-23(27-21)16-4-6-20(7-5-16)26-22(30)17-9-18(24)11-19(25)10-17/h4-11H,12H2,1-3H3,(H,26,30). The molecule has 31 heavy (non-hydrogen) atoms. The molecular formula is C23H20F2N4O2. The Labute approximate surface area is 177 Å². The molecule has 2 heterocycles. The Hall–Kier alpha value is -3.81. The second-order valence-corrected chi connectivity index (χ2v) is 7.30. The number of aromatic nitrogens is 3. The lowest BCUT2D eigenvalue weighted by molar-refractivity contribution is 0.102. The maximum absolute atomic E-state index is 13.3. The Morgan fingerprint density at radius 2 is 1.71 bits per heavy atom. The van der Waals surface area contributed by atoms with Crippen molar-refractivity contribution in [1.82, 2.24) is 14.8 Å². The highest BCUT2D eigenvalue weighted by molar-refractivity contribution is 6.04. The van der Waals surface area contributed by atoms with Crippen LogP contribution in [-0.4, -0.2) is 20.7 Å². The normalized spacial score (nSPS) is 11.0. The van der Waals surface area contributed by atoms with E-state index in [1.54, 1.807) is 24.3 Å². The third-order valence-electron chi connectivity index (χ3n) is 4.81. The number of carbonyl (C=O) groups is 1. The molecule has 2 aromatic carbocycles. The van der Waals surface area contributed by atoms with E-state index in [1.165, 1.54) is 0 Å². The molecule has 0 saturated heterocycles. The van der Waals surface area contributed by atoms with Crippen LogP contribution in [0.5, 0.6) is 0 Å². The molecule has 0 atom stereocenters. The number of nitrogens with one attached hydrogen (secondary N) is 1. The van der Waals surface area contributed by atoms with E-state index < -0.39 is 17.5 Å². The van der Waals surface area contributed by atoms with E-state index in [0.717, 1.165) is 34.8 Å². The first-order valence-corrected chi connectivity index (χ1v) is 9.64. The quantitative estimate of drug-likeness (QED) is 0.489. The molecule has 0 spiro atoms. The fourth-order valence-corrected chi connectivity index (χ4v) is 3.26. The van der Waals surface area contributed by atoms with Gasteiger partial charge in [0, 0.05) is 28.6 Å². The first-order chi connectivity index (χ1) is 14.8. The first-order valence-electron chi connectivity index (χ1n) is 9.64. The van der Waals surface area contributed by atoms with Crippen molar-refractivity contribution in [3.63, 3.8) is 0 Å². The minimum Gasteiger partial charge on any atom is -0.441 e. The van der Waals surface area contributed by atoms with Gasteiger partial charge in [0.1, 0.15) is 23.1 Å². The van der Waals surface area contributed by atoms with Gasteiger partial charge in [-0.05, 0) is 63.2 Å². The molecule has 0 bridgehead atoms. The Bertz CT molecular complexity index is 1240. The third kappa shape index (κ3) is 4.53. The van der Waals surface area contributed by atoms with Gasteiger partial charge in [0.25, 0.3) is 5.91 Å². The molecule has 4 aromatic rings. The van der Waals surface area contributed by atoms with Crippen molar-refractivity contribution in [2.45, 2.75) is 27.3 Å². The molecule has 0 aliphatic rings. The van der Waals surface area contributed by atoms with Gasteiger partial charge in [0.2, 0.25) is 5.89 Å². The lowest BCUT2D eigenvalue weighted by Crippen LogP contribution is -2.12. The first kappa shape index (κ1) is 20.5. The van der Waals surface area contributed by atoms with Crippen LogP contribution >= 0.6 is 0 Å². The third-order valence-corrected chi connectivity index (χ3v) is 4.81. The second kappa shape index (κ2) is 8.14. The lowest BCUT2D eigenvalue weighted by atomic mass is 10.1. The van der Waals surface area contributed by atoms with Gasteiger partial charge in [-0.3, -0.25) is 9.48 Å². The zero-order valence-corrected chi connectivity index (χ0v) is 17.2. The molecule has 8 heteroatoms. The molecule has 0 radical (unpaired) electrons. The van der Waals surface area contributed by atoms with E-state index in [2.05, 4.69) is 15.4 Å². The predicted molar refractivity (Wildman–Crippen MR) is 112 cm³/mol. The highest BCUT2D eigenvalue weighted by Crippen LogP contribution is 2.24. The van der Waals surface area contributed by atoms with Crippen LogP contribution in [0, 0.1) is 32.4 Å². The van der Waals surface area contributed by atoms with Crippen LogP contribution in [0.4, 0.5) is 14.5 Å². The molecule has 0 unspecified atom stereocenters. The van der Waals surface area contributed by atoms with Crippen LogP contribution in [0.1, 0.15) is 33.2 Å². The van der Waals surface area contributed by atoms with Gasteiger partial charge in [-0.1, -0.05) is 0 Å². The van der Waals surface area contributed by atoms with Gasteiger partial charge < -0.3 is 9.73 Å². The summed E-state index contributed by atoms with van der Waals surface area (Å²) >= 11 is 0. The van der Waals surface area contributed by atoms with Gasteiger partial charge in [-0.25, -0.2) is 13.8 Å². The minimum atomic E-state index is -0.809. The smallest absolute Gasteiger partial charge is 0.255 e. The average Bonchev–Trinajstić information content (AvgIpc) is 3.23. The van der Waals surface area contributed by atoms with Crippen LogP contribution in [0.3, 0.4) is 0 Å². The number of anilines is 1. The Balaban J connectivity index is 1.49. The fraction of sp³-hybridized carbons (Fsp3) is 0.174. The number of benzene rings is 2. The number of rotatable bonds is 5. The van der Waals surface area contributed by atoms with E-state index in [9.17, 15) is 13.6 Å². The molecule has 0 aliphatic carbocycles. The van der Waals surface area contributed by atoms with Gasteiger partial charge in [0.05, 0.1) is 12.2 Å². The van der Waals surface area contributed by atoms with Crippen molar-refractivity contribution in [3.05, 3.63) is 88.6 Å². The van der Waals surface area contributed by atoms with Crippen molar-refractivity contribution < 1.29 is 18.0 Å². The number of nitrogens with zero attached hydrogens (tertiary/aromatic N) is 3. The molecule has 0 saturated carbocycles. The highest BCUT2D eigenvalue weighted by atomic mass is 19.1. The molecular weight excluding hydrogens is 402 g/mol. The second-order valence-electron chi connectivity index (χ2n) is 7.30. The molecule has 158 valence electrons. The Morgan fingerprint density at radius 1 is 1.03 bits per heavy atom. The van der Waals surface area contributed by atoms with E-state index in [1.807, 2.05) is 31.5 Å². The molecule has 0 fully saturated rings. The van der Waals surface area contributed by atoms with Crippen LogP contribution in [0.2, 0.25) is 0 Å². The maximum Gasteiger partial charge on any atom is 0.255 e. The molecule has 4 rings (SSSR count). The van der Waals surface area contributed by atoms with E-state index in [4.69, 9.17) is 4.42 Å². The largest absolute Gasteiger partial charge is 0.441 e. The lowest BCUT2D eigenvalue weighted by Gasteiger charge is -2.06. The van der Waals surface area contributed by atoms with Crippen LogP contribution in [0.25, 0.3) is 11.5 Å². The zero-order chi connectivity index (χ0) is 22.1. The number of halogens is 2. The molecule has 1 N–H and O–H groups in total. The summed E-state index contributed by atoms with van der Waals surface area (Å²) in [7, 11) is 0. The summed E-state index contributed by atoms with van der Waals surface area (Å²) in [5.41, 5.74) is 3.88. The average molecular weight is 422 g/mol. The summed E-state index contributed by atoms with van der Waals surface area (Å²) in [6.45, 7) is 6.29. The topological polar surface area (TPSA) is 73.0 Å². The van der Waals surface area contributed by atoms with Crippen molar-refractivity contribution in [2.75, 3.05) is 5.32 Å². The summed E-state index contributed by atoms with van der Waals surface area (Å²) in [4.78, 5) is 16.8. The predicted octanol–water partition coefficient (Wildman–Crippen LogP) is 5.04. The van der Waals surface area contributed by atoms with Crippen LogP contribution < -0.4 is 5.32 Å². The number of hydrogen-bond acceptors (Lipinski definition) is 4. The molecule has 0 aliphatic heterocycles. The van der Waals surface area contributed by atoms with Crippen molar-refractivity contribution >= 4 is 11.6 Å². The van der Waals surface area contributed by atoms with Crippen molar-refractivity contribution in [2.24, 2.45) is 0 Å². The van der Waals surface area contributed by atoms with Crippen LogP contribution in [-0.2, 0) is 6.54 Å². The zero-order valence-electron chi connectivity index (χ0n) is 17.2. The number of hydrogen-bond donors (Lipinski definition) is 1. The summed E-state index contributed by atoms with van der Waals surface area (Å²) in [5, 5.41) is 7.07. The highest BCUT2D eigenvalue weighted by Gasteiger charge is 2.14. The SMILES string of the molecule is Cc1cc(C)n(Cc2nc(-c3ccc(NC(=O)c4cc(F)cc(F)c4)cc3)oc2C)n1. The van der Waals surface area contributed by atoms with Gasteiger partial charge in [0.15, 0.2) is 0 Å². The monoisotopic (exact) mass is 422 g/mol. The van der Waals surface area contributed by atoms with E-state index >= 15 is 0 Å². The van der Waals surface area contributed by atoms with Gasteiger partial charge in [-0.2, -0.15) is 5.10 Å². The molecule has 6 nitrogen and oxygen atoms in total. The van der Waals surface area contributed by atoms with E-state index in [-0.39, 0.29) is 5.56 Å². The number of aryl methyl sites for hydroxylation is 3. The van der Waals surface area contributed by atoms with E-state index in [0.29, 0.717) is 29.9 Å². The molecule has 2 aromatic heterocycles. The number of oxazole rings is 1. The number of amides is 1. The molecule has 1 amide bonds. The summed E-state index contributed by atoms with van der Waals surface area (Å²) in [6, 6.07) is 11.5. The maximum atomic E-state index is 13.3. The van der Waals surface area contributed by atoms with Crippen LogP contribution in [0.15, 0.2) is 52.9 Å². The Kier molecular flexibility index (Phi) is 5.37. The number of carbonyl (C=O) groups excluding carboxylic acids is 1. The minimum absolute atomic E-state index is 0.0984. The summed E-state index contributed by atoms with van der Waals surface area (Å²) < 4.78 is 34.3. The van der Waals surface area contributed by atoms with Crippen molar-refractivity contribution in [1.29, 1.82) is 0 Å². The summed E-state index contributed by atoms with van der Waals surface area (Å²) in [6.07, 6.45) is 0.